The fourth-order valence-electron chi connectivity index (χ4n) is 0.993. The van der Waals surface area contributed by atoms with Gasteiger partial charge in [0.1, 0.15) is 0 Å². The highest BCUT2D eigenvalue weighted by molar-refractivity contribution is 8.14. The van der Waals surface area contributed by atoms with Crippen LogP contribution in [0.3, 0.4) is 0 Å². The van der Waals surface area contributed by atoms with Crippen LogP contribution in [0.5, 0.6) is 0 Å². The minimum Gasteiger partial charge on any atom is -0.303 e. The highest BCUT2D eigenvalue weighted by Gasteiger charge is 2.26. The molecule has 1 aliphatic rings. The van der Waals surface area contributed by atoms with Gasteiger partial charge >= 0.3 is 0 Å². The Kier molecular flexibility index (Phi) is 1.66. The van der Waals surface area contributed by atoms with Crippen LogP contribution in [0, 0.1) is 0 Å². The lowest BCUT2D eigenvalue weighted by atomic mass is 10.6. The molecule has 10 heavy (non-hydrogen) atoms. The van der Waals surface area contributed by atoms with Crippen LogP contribution in [-0.4, -0.2) is 51.6 Å². The molecule has 1 rings (SSSR count). The van der Waals surface area contributed by atoms with Gasteiger partial charge in [-0.25, -0.2) is 4.21 Å². The fourth-order valence-corrected chi connectivity index (χ4v) is 2.76. The summed E-state index contributed by atoms with van der Waals surface area (Å²) >= 11 is 0. The molecule has 0 unspecified atom stereocenters. The van der Waals surface area contributed by atoms with Crippen molar-refractivity contribution in [2.24, 2.45) is 0 Å². The van der Waals surface area contributed by atoms with E-state index in [1.807, 2.05) is 7.05 Å². The first-order valence-electron chi connectivity index (χ1n) is 3.41. The van der Waals surface area contributed by atoms with Gasteiger partial charge in [-0.2, -0.15) is 9.35 Å². The molecule has 0 aromatic carbocycles. The van der Waals surface area contributed by atoms with E-state index in [9.17, 15) is 8.76 Å². The van der Waals surface area contributed by atoms with E-state index in [-0.39, 0.29) is 0 Å². The number of hydrogen-bond donors (Lipinski definition) is 1. The maximum Gasteiger partial charge on any atom is 0.0466 e. The smallest absolute Gasteiger partial charge is 0.0466 e. The Morgan fingerprint density at radius 1 is 1.40 bits per heavy atom. The van der Waals surface area contributed by atoms with E-state index in [0.29, 0.717) is 11.5 Å². The maximum atomic E-state index is 11.5. The van der Waals surface area contributed by atoms with Crippen LogP contribution in [0.25, 0.3) is 0 Å². The molecule has 4 heteroatoms. The lowest BCUT2D eigenvalue weighted by Gasteiger charge is -2.44. The number of hydrogen-bond acceptors (Lipinski definition) is 2. The Labute approximate surface area is 61.6 Å². The van der Waals surface area contributed by atoms with Crippen molar-refractivity contribution in [3.05, 3.63) is 0 Å². The summed E-state index contributed by atoms with van der Waals surface area (Å²) < 4.78 is 21.0. The van der Waals surface area contributed by atoms with Crippen molar-refractivity contribution in [3.63, 3.8) is 0 Å². The highest BCUT2D eigenvalue weighted by Crippen LogP contribution is 2.20. The minimum absolute atomic E-state index is 0.438. The van der Waals surface area contributed by atoms with E-state index in [2.05, 4.69) is 4.90 Å². The Hall–Kier alpha value is 0.0700. The molecule has 0 aliphatic carbocycles. The van der Waals surface area contributed by atoms with Crippen molar-refractivity contribution in [1.82, 2.24) is 4.90 Å². The van der Waals surface area contributed by atoms with Gasteiger partial charge in [0, 0.05) is 30.9 Å². The van der Waals surface area contributed by atoms with Gasteiger partial charge in [0.05, 0.1) is 0 Å². The van der Waals surface area contributed by atoms with Crippen molar-refractivity contribution in [1.29, 1.82) is 0 Å². The van der Waals surface area contributed by atoms with Crippen LogP contribution in [0.15, 0.2) is 0 Å². The Bertz CT molecular complexity index is 182. The molecular formula is C6H15NO2S. The summed E-state index contributed by atoms with van der Waals surface area (Å²) in [5.74, 6) is 0.876. The molecule has 1 aliphatic heterocycles. The van der Waals surface area contributed by atoms with Gasteiger partial charge < -0.3 is 9.45 Å². The predicted octanol–water partition coefficient (Wildman–Crippen LogP) is -0.145. The van der Waals surface area contributed by atoms with E-state index >= 15 is 0 Å². The average Bonchev–Trinajstić information content (AvgIpc) is 1.77. The fraction of sp³-hybridized carbons (Fsp3) is 1.00. The van der Waals surface area contributed by atoms with Gasteiger partial charge in [-0.15, -0.1) is 0 Å². The third-order valence-corrected chi connectivity index (χ3v) is 4.45. The minimum atomic E-state index is -3.15. The van der Waals surface area contributed by atoms with E-state index in [1.54, 1.807) is 0 Å². The predicted molar refractivity (Wildman–Crippen MR) is 43.9 cm³/mol. The lowest BCUT2D eigenvalue weighted by molar-refractivity contribution is 0.347. The molecule has 3 nitrogen and oxygen atoms in total. The Balaban J connectivity index is 2.65. The van der Waals surface area contributed by atoms with E-state index < -0.39 is 9.35 Å². The quantitative estimate of drug-likeness (QED) is 0.543. The van der Waals surface area contributed by atoms with Crippen LogP contribution in [-0.2, 0) is 9.35 Å². The first-order valence-corrected chi connectivity index (χ1v) is 6.08. The second kappa shape index (κ2) is 2.03. The zero-order valence-electron chi connectivity index (χ0n) is 6.54. The van der Waals surface area contributed by atoms with Crippen LogP contribution in [0.1, 0.15) is 0 Å². The molecule has 0 aromatic heterocycles. The molecule has 1 heterocycles. The number of nitrogens with zero attached hydrogens (tertiary/aromatic N) is 1. The molecule has 0 radical (unpaired) electrons. The maximum absolute atomic E-state index is 11.5. The normalized spacial score (nSPS) is 36.1. The molecule has 0 bridgehead atoms. The van der Waals surface area contributed by atoms with Crippen LogP contribution >= 0.6 is 0 Å². The molecular weight excluding hydrogens is 150 g/mol. The summed E-state index contributed by atoms with van der Waals surface area (Å²) in [4.78, 5) is 2.08. The third-order valence-electron chi connectivity index (χ3n) is 1.99. The molecule has 0 aromatic rings. The second-order valence-electron chi connectivity index (χ2n) is 3.41. The molecule has 1 saturated heterocycles. The van der Waals surface area contributed by atoms with Crippen molar-refractivity contribution < 1.29 is 8.76 Å². The van der Waals surface area contributed by atoms with E-state index in [0.717, 1.165) is 13.1 Å². The van der Waals surface area contributed by atoms with Crippen LogP contribution in [0.2, 0.25) is 0 Å². The van der Waals surface area contributed by atoms with Gasteiger partial charge in [-0.05, 0) is 7.05 Å². The van der Waals surface area contributed by atoms with Crippen LogP contribution in [0.4, 0.5) is 0 Å². The van der Waals surface area contributed by atoms with Crippen molar-refractivity contribution in [2.45, 2.75) is 0 Å². The molecule has 1 N–H and O–H groups in total. The van der Waals surface area contributed by atoms with Gasteiger partial charge in [-0.3, -0.25) is 0 Å². The van der Waals surface area contributed by atoms with Crippen molar-refractivity contribution in [3.8, 4) is 0 Å². The van der Waals surface area contributed by atoms with Crippen molar-refractivity contribution >= 4 is 9.35 Å². The van der Waals surface area contributed by atoms with Gasteiger partial charge in [0.2, 0.25) is 0 Å². The summed E-state index contributed by atoms with van der Waals surface area (Å²) in [7, 11) is -1.18. The SMILES string of the molecule is CN1CCS(C)(=O)(O)CC1. The Morgan fingerprint density at radius 2 is 1.80 bits per heavy atom. The largest absolute Gasteiger partial charge is 0.303 e. The highest BCUT2D eigenvalue weighted by atomic mass is 32.3. The summed E-state index contributed by atoms with van der Waals surface area (Å²) in [6.45, 7) is 1.50. The van der Waals surface area contributed by atoms with Gasteiger partial charge in [-0.1, -0.05) is 0 Å². The third kappa shape index (κ3) is 2.04. The molecule has 1 fully saturated rings. The van der Waals surface area contributed by atoms with Crippen molar-refractivity contribution in [2.75, 3.05) is 37.9 Å². The first kappa shape index (κ1) is 8.17. The Morgan fingerprint density at radius 3 is 2.10 bits per heavy atom. The molecule has 0 amide bonds. The summed E-state index contributed by atoms with van der Waals surface area (Å²) in [5.41, 5.74) is 0. The standard InChI is InChI=1S/C6H15NO2S/c1-7-3-5-10(2,8,9)6-4-7/h3-6H2,1-2H3,(H,8,9). The monoisotopic (exact) mass is 165 g/mol. The first-order chi connectivity index (χ1) is 4.37. The van der Waals surface area contributed by atoms with E-state index in [1.165, 1.54) is 6.26 Å². The zero-order valence-corrected chi connectivity index (χ0v) is 7.36. The summed E-state index contributed by atoms with van der Waals surface area (Å²) in [5, 5.41) is 0. The lowest BCUT2D eigenvalue weighted by Crippen LogP contribution is -2.50. The summed E-state index contributed by atoms with van der Waals surface area (Å²) in [6, 6.07) is 0. The number of rotatable bonds is 0. The molecule has 62 valence electrons. The van der Waals surface area contributed by atoms with E-state index in [4.69, 9.17) is 0 Å². The van der Waals surface area contributed by atoms with Crippen LogP contribution < -0.4 is 0 Å². The molecule has 0 spiro atoms. The topological polar surface area (TPSA) is 40.5 Å². The average molecular weight is 165 g/mol. The zero-order chi connectivity index (χ0) is 7.85. The summed E-state index contributed by atoms with van der Waals surface area (Å²) in [6.07, 6.45) is 1.49. The second-order valence-corrected chi connectivity index (χ2v) is 7.63. The van der Waals surface area contributed by atoms with Gasteiger partial charge in [0.25, 0.3) is 0 Å². The molecule has 0 saturated carbocycles. The van der Waals surface area contributed by atoms with Gasteiger partial charge in [0.15, 0.2) is 0 Å². The molecule has 0 atom stereocenters.